The zero-order valence-corrected chi connectivity index (χ0v) is 13.3. The van der Waals surface area contributed by atoms with Crippen LogP contribution in [0.5, 0.6) is 0 Å². The van der Waals surface area contributed by atoms with Crippen molar-refractivity contribution in [3.05, 3.63) is 32.7 Å². The van der Waals surface area contributed by atoms with E-state index in [4.69, 9.17) is 4.74 Å². The second-order valence-electron chi connectivity index (χ2n) is 4.31. The fraction of sp³-hybridized carbons (Fsp3) is 0.462. The van der Waals surface area contributed by atoms with E-state index in [1.54, 1.807) is 0 Å². The predicted octanol–water partition coefficient (Wildman–Crippen LogP) is 3.46. The predicted molar refractivity (Wildman–Crippen MR) is 77.8 cm³/mol. The highest BCUT2D eigenvalue weighted by molar-refractivity contribution is 9.11. The summed E-state index contributed by atoms with van der Waals surface area (Å²) in [5.74, 6) is 0.0683. The van der Waals surface area contributed by atoms with Gasteiger partial charge in [-0.3, -0.25) is 4.79 Å². The molecule has 1 aromatic rings. The summed E-state index contributed by atoms with van der Waals surface area (Å²) in [7, 11) is 0. The topological polar surface area (TPSA) is 29.5 Å². The molecule has 2 rings (SSSR count). The Kier molecular flexibility index (Phi) is 4.81. The van der Waals surface area contributed by atoms with Gasteiger partial charge >= 0.3 is 0 Å². The Hall–Kier alpha value is -0.390. The highest BCUT2D eigenvalue weighted by atomic mass is 79.9. The highest BCUT2D eigenvalue weighted by Gasteiger charge is 2.24. The normalized spacial score (nSPS) is 19.9. The lowest BCUT2D eigenvalue weighted by atomic mass is 10.1. The molecule has 0 saturated carbocycles. The van der Waals surface area contributed by atoms with E-state index in [1.807, 2.05) is 23.1 Å². The van der Waals surface area contributed by atoms with Crippen molar-refractivity contribution in [2.24, 2.45) is 0 Å². The van der Waals surface area contributed by atoms with E-state index < -0.39 is 0 Å². The number of benzene rings is 1. The van der Waals surface area contributed by atoms with Crippen molar-refractivity contribution >= 4 is 37.8 Å². The third kappa shape index (κ3) is 3.33. The Morgan fingerprint density at radius 1 is 1.39 bits per heavy atom. The number of amides is 1. The molecule has 1 unspecified atom stereocenters. The molecule has 5 heteroatoms. The van der Waals surface area contributed by atoms with E-state index in [1.165, 1.54) is 0 Å². The van der Waals surface area contributed by atoms with Crippen LogP contribution in [0.15, 0.2) is 27.1 Å². The molecule has 0 N–H and O–H groups in total. The molecule has 0 radical (unpaired) electrons. The van der Waals surface area contributed by atoms with Crippen molar-refractivity contribution in [1.29, 1.82) is 0 Å². The molecule has 1 aliphatic rings. The Bertz CT molecular complexity index is 430. The van der Waals surface area contributed by atoms with Crippen LogP contribution in [0.3, 0.4) is 0 Å². The second kappa shape index (κ2) is 6.17. The summed E-state index contributed by atoms with van der Waals surface area (Å²) in [5.41, 5.74) is 0.702. The summed E-state index contributed by atoms with van der Waals surface area (Å²) >= 11 is 6.81. The van der Waals surface area contributed by atoms with Gasteiger partial charge in [-0.05, 0) is 24.6 Å². The monoisotopic (exact) mass is 375 g/mol. The molecular weight excluding hydrogens is 362 g/mol. The van der Waals surface area contributed by atoms with E-state index in [9.17, 15) is 4.79 Å². The van der Waals surface area contributed by atoms with Crippen LogP contribution in [0.1, 0.15) is 23.7 Å². The number of hydrogen-bond donors (Lipinski definition) is 0. The van der Waals surface area contributed by atoms with E-state index >= 15 is 0 Å². The van der Waals surface area contributed by atoms with Gasteiger partial charge in [0.1, 0.15) is 0 Å². The number of nitrogens with zero attached hydrogens (tertiary/aromatic N) is 1. The van der Waals surface area contributed by atoms with Gasteiger partial charge in [-0.15, -0.1) is 0 Å². The van der Waals surface area contributed by atoms with E-state index in [0.717, 1.165) is 15.4 Å². The van der Waals surface area contributed by atoms with Crippen LogP contribution < -0.4 is 0 Å². The minimum absolute atomic E-state index is 0.0683. The summed E-state index contributed by atoms with van der Waals surface area (Å²) < 4.78 is 7.38. The Balaban J connectivity index is 2.15. The summed E-state index contributed by atoms with van der Waals surface area (Å²) in [4.78, 5) is 14.3. The first-order valence-corrected chi connectivity index (χ1v) is 7.55. The van der Waals surface area contributed by atoms with Gasteiger partial charge in [0, 0.05) is 27.6 Å². The van der Waals surface area contributed by atoms with Gasteiger partial charge in [-0.2, -0.15) is 0 Å². The lowest BCUT2D eigenvalue weighted by molar-refractivity contribution is -0.0226. The van der Waals surface area contributed by atoms with E-state index in [0.29, 0.717) is 25.3 Å². The van der Waals surface area contributed by atoms with Crippen LogP contribution in [0.2, 0.25) is 0 Å². The van der Waals surface area contributed by atoms with Crippen molar-refractivity contribution in [2.75, 3.05) is 19.7 Å². The van der Waals surface area contributed by atoms with Gasteiger partial charge in [0.2, 0.25) is 0 Å². The van der Waals surface area contributed by atoms with Crippen molar-refractivity contribution in [1.82, 2.24) is 4.90 Å². The molecule has 3 nitrogen and oxygen atoms in total. The lowest BCUT2D eigenvalue weighted by Crippen LogP contribution is -2.45. The second-order valence-corrected chi connectivity index (χ2v) is 6.14. The molecule has 1 amide bonds. The summed E-state index contributed by atoms with van der Waals surface area (Å²) in [6.45, 7) is 4.05. The van der Waals surface area contributed by atoms with Crippen molar-refractivity contribution in [2.45, 2.75) is 19.4 Å². The van der Waals surface area contributed by atoms with Gasteiger partial charge in [-0.1, -0.05) is 38.8 Å². The number of ether oxygens (including phenoxy) is 1. The largest absolute Gasteiger partial charge is 0.375 e. The quantitative estimate of drug-likeness (QED) is 0.790. The third-order valence-corrected chi connectivity index (χ3v) is 3.91. The fourth-order valence-electron chi connectivity index (χ4n) is 2.01. The fourth-order valence-corrected chi connectivity index (χ4v) is 3.30. The Morgan fingerprint density at radius 3 is 2.67 bits per heavy atom. The van der Waals surface area contributed by atoms with Crippen LogP contribution in [-0.4, -0.2) is 36.6 Å². The first-order chi connectivity index (χ1) is 8.60. The maximum absolute atomic E-state index is 12.4. The Morgan fingerprint density at radius 2 is 2.06 bits per heavy atom. The number of rotatable bonds is 2. The molecule has 0 aliphatic carbocycles. The van der Waals surface area contributed by atoms with E-state index in [-0.39, 0.29) is 12.0 Å². The molecule has 1 atom stereocenters. The molecule has 18 heavy (non-hydrogen) atoms. The average molecular weight is 377 g/mol. The molecule has 1 saturated heterocycles. The third-order valence-electron chi connectivity index (χ3n) is 2.99. The van der Waals surface area contributed by atoms with Crippen molar-refractivity contribution in [3.8, 4) is 0 Å². The summed E-state index contributed by atoms with van der Waals surface area (Å²) in [6, 6.07) is 5.62. The molecule has 0 spiro atoms. The minimum atomic E-state index is 0.0683. The number of hydrogen-bond acceptors (Lipinski definition) is 2. The zero-order chi connectivity index (χ0) is 13.1. The maximum Gasteiger partial charge on any atom is 0.254 e. The van der Waals surface area contributed by atoms with Crippen LogP contribution >= 0.6 is 31.9 Å². The SMILES string of the molecule is CCC1CN(C(=O)c2cc(Br)cc(Br)c2)CCO1. The van der Waals surface area contributed by atoms with Gasteiger partial charge in [-0.25, -0.2) is 0 Å². The molecule has 98 valence electrons. The maximum atomic E-state index is 12.4. The van der Waals surface area contributed by atoms with Crippen LogP contribution in [0.4, 0.5) is 0 Å². The molecule has 1 aromatic carbocycles. The van der Waals surface area contributed by atoms with E-state index in [2.05, 4.69) is 38.8 Å². The molecular formula is C13H15Br2NO2. The van der Waals surface area contributed by atoms with Gasteiger partial charge < -0.3 is 9.64 Å². The summed E-state index contributed by atoms with van der Waals surface area (Å²) in [5, 5.41) is 0. The van der Waals surface area contributed by atoms with Crippen LogP contribution in [0, 0.1) is 0 Å². The Labute approximate surface area is 124 Å². The van der Waals surface area contributed by atoms with Crippen LogP contribution in [0.25, 0.3) is 0 Å². The standard InChI is InChI=1S/C13H15Br2NO2/c1-2-12-8-16(3-4-18-12)13(17)9-5-10(14)7-11(15)6-9/h5-7,12H,2-4,8H2,1H3. The number of carbonyl (C=O) groups excluding carboxylic acids is 1. The highest BCUT2D eigenvalue weighted by Crippen LogP contribution is 2.22. The van der Waals surface area contributed by atoms with Gasteiger partial charge in [0.15, 0.2) is 0 Å². The first-order valence-electron chi connectivity index (χ1n) is 5.97. The smallest absolute Gasteiger partial charge is 0.254 e. The van der Waals surface area contributed by atoms with Gasteiger partial charge in [0.05, 0.1) is 12.7 Å². The number of halogens is 2. The first kappa shape index (κ1) is 14.0. The number of carbonyl (C=O) groups is 1. The minimum Gasteiger partial charge on any atom is -0.375 e. The average Bonchev–Trinajstić information content (AvgIpc) is 2.37. The summed E-state index contributed by atoms with van der Waals surface area (Å²) in [6.07, 6.45) is 1.10. The van der Waals surface area contributed by atoms with Crippen molar-refractivity contribution < 1.29 is 9.53 Å². The van der Waals surface area contributed by atoms with Crippen molar-refractivity contribution in [3.63, 3.8) is 0 Å². The molecule has 1 aliphatic heterocycles. The van der Waals surface area contributed by atoms with Crippen LogP contribution in [-0.2, 0) is 4.74 Å². The van der Waals surface area contributed by atoms with Gasteiger partial charge in [0.25, 0.3) is 5.91 Å². The molecule has 1 fully saturated rings. The molecule has 0 aromatic heterocycles. The zero-order valence-electron chi connectivity index (χ0n) is 10.2. The number of morpholine rings is 1. The molecule has 0 bridgehead atoms. The lowest BCUT2D eigenvalue weighted by Gasteiger charge is -2.32. The molecule has 1 heterocycles.